The molecule has 48 heavy (non-hydrogen) atoms. The summed E-state index contributed by atoms with van der Waals surface area (Å²) >= 11 is 0. The minimum Gasteiger partial charge on any atom is -0.0617 e. The Kier molecular flexibility index (Phi) is 11.4. The van der Waals surface area contributed by atoms with E-state index in [2.05, 4.69) is 211 Å². The van der Waals surface area contributed by atoms with Gasteiger partial charge >= 0.3 is 0 Å². The molecule has 236 valence electrons. The molecule has 0 aliphatic heterocycles. The number of aryl methyl sites for hydroxylation is 6. The van der Waals surface area contributed by atoms with Crippen molar-refractivity contribution in [3.63, 3.8) is 0 Å². The second kappa shape index (κ2) is 16.3. The van der Waals surface area contributed by atoms with Crippen LogP contribution in [-0.2, 0) is 0 Å². The third-order valence-corrected chi connectivity index (χ3v) is 8.55. The van der Waals surface area contributed by atoms with Gasteiger partial charge in [0.05, 0.1) is 0 Å². The zero-order chi connectivity index (χ0) is 33.9. The molecule has 7 rings (SSSR count). The number of rotatable bonds is 2. The van der Waals surface area contributed by atoms with Crippen molar-refractivity contribution in [1.29, 1.82) is 0 Å². The summed E-state index contributed by atoms with van der Waals surface area (Å²) < 4.78 is 0. The average Bonchev–Trinajstić information content (AvgIpc) is 3.12. The molecule has 0 aliphatic rings. The van der Waals surface area contributed by atoms with Crippen LogP contribution in [0.3, 0.4) is 0 Å². The maximum Gasteiger partial charge on any atom is 0.0249 e. The number of hydrogen-bond donors (Lipinski definition) is 0. The van der Waals surface area contributed by atoms with Gasteiger partial charge in [-0.1, -0.05) is 168 Å². The van der Waals surface area contributed by atoms with Crippen LogP contribution >= 0.6 is 0 Å². The fourth-order valence-corrected chi connectivity index (χ4v) is 5.53. The summed E-state index contributed by atoms with van der Waals surface area (Å²) in [6, 6.07) is 50.9. The maximum absolute atomic E-state index is 3.16. The minimum atomic E-state index is 1.06. The lowest BCUT2D eigenvalue weighted by Gasteiger charge is -2.11. The predicted octanol–water partition coefficient (Wildman–Crippen LogP) is 12.8. The number of fused-ring (bicyclic) bond motifs is 2. The molecule has 0 aromatic heterocycles. The third-order valence-electron chi connectivity index (χ3n) is 8.55. The predicted molar refractivity (Wildman–Crippen MR) is 211 cm³/mol. The summed E-state index contributed by atoms with van der Waals surface area (Å²) in [6.45, 7) is 12.8. The summed E-state index contributed by atoms with van der Waals surface area (Å²) in [5.74, 6) is 6.32. The Hall–Kier alpha value is -5.64. The molecular weight excluding hydrogens is 577 g/mol. The van der Waals surface area contributed by atoms with Crippen molar-refractivity contribution in [1.82, 2.24) is 0 Å². The van der Waals surface area contributed by atoms with Gasteiger partial charge in [-0.25, -0.2) is 0 Å². The second-order valence-corrected chi connectivity index (χ2v) is 12.5. The van der Waals surface area contributed by atoms with E-state index in [4.69, 9.17) is 0 Å². The van der Waals surface area contributed by atoms with Gasteiger partial charge in [-0.05, 0) is 110 Å². The maximum atomic E-state index is 3.16. The Morgan fingerprint density at radius 1 is 0.312 bits per heavy atom. The minimum absolute atomic E-state index is 1.06. The van der Waals surface area contributed by atoms with Crippen molar-refractivity contribution in [2.75, 3.05) is 0 Å². The summed E-state index contributed by atoms with van der Waals surface area (Å²) in [6.07, 6.45) is 4.29. The van der Waals surface area contributed by atoms with Gasteiger partial charge in [0.15, 0.2) is 0 Å². The van der Waals surface area contributed by atoms with Crippen molar-refractivity contribution in [3.8, 4) is 11.8 Å². The average molecular weight is 621 g/mol. The van der Waals surface area contributed by atoms with Crippen LogP contribution in [-0.4, -0.2) is 0 Å². The lowest BCUT2D eigenvalue weighted by molar-refractivity contribution is 1.45. The second-order valence-electron chi connectivity index (χ2n) is 12.5. The van der Waals surface area contributed by atoms with E-state index in [1.807, 2.05) is 0 Å². The zero-order valence-electron chi connectivity index (χ0n) is 29.0. The van der Waals surface area contributed by atoms with E-state index >= 15 is 0 Å². The zero-order valence-corrected chi connectivity index (χ0v) is 29.0. The van der Waals surface area contributed by atoms with Crippen LogP contribution < -0.4 is 0 Å². The van der Waals surface area contributed by atoms with E-state index in [9.17, 15) is 0 Å². The molecule has 0 fully saturated rings. The molecule has 0 heterocycles. The fourth-order valence-electron chi connectivity index (χ4n) is 5.53. The van der Waals surface area contributed by atoms with Crippen molar-refractivity contribution in [2.45, 2.75) is 41.5 Å². The Balaban J connectivity index is 0.000000141. The van der Waals surface area contributed by atoms with E-state index in [-0.39, 0.29) is 0 Å². The molecule has 0 amide bonds. The van der Waals surface area contributed by atoms with E-state index in [0.29, 0.717) is 0 Å². The first-order valence-corrected chi connectivity index (χ1v) is 16.6. The summed E-state index contributed by atoms with van der Waals surface area (Å²) in [5, 5.41) is 5.50. The topological polar surface area (TPSA) is 0 Å². The van der Waals surface area contributed by atoms with Gasteiger partial charge < -0.3 is 0 Å². The molecule has 0 radical (unpaired) electrons. The molecule has 0 spiro atoms. The monoisotopic (exact) mass is 620 g/mol. The Bertz CT molecular complexity index is 1970. The highest BCUT2D eigenvalue weighted by Crippen LogP contribution is 2.31. The first-order valence-electron chi connectivity index (χ1n) is 16.6. The molecule has 0 N–H and O–H groups in total. The molecular formula is C48H44. The summed E-state index contributed by atoms with van der Waals surface area (Å²) in [5.41, 5.74) is 12.5. The lowest BCUT2D eigenvalue weighted by Crippen LogP contribution is -1.87. The standard InChI is InChI=1S/C16H14.C16H16.C16H14/c1-11-13-7-3-5-9-15(13)12(2)16-10-6-4-8-14(11)16;2*1-13-3-7-15(8-4-13)11-12-16-9-5-14(2)6-10-16/h3-10H,1-2H3;3-12H,1-2H3;3-10H,1-2H3/b;12-11+;. The molecule has 7 aromatic rings. The van der Waals surface area contributed by atoms with E-state index in [1.165, 1.54) is 66.1 Å². The van der Waals surface area contributed by atoms with Gasteiger partial charge in [0.1, 0.15) is 0 Å². The molecule has 0 aliphatic carbocycles. The molecule has 0 bridgehead atoms. The van der Waals surface area contributed by atoms with Gasteiger partial charge in [0, 0.05) is 11.1 Å². The van der Waals surface area contributed by atoms with Crippen LogP contribution in [0.4, 0.5) is 0 Å². The van der Waals surface area contributed by atoms with Gasteiger partial charge in [-0.2, -0.15) is 0 Å². The van der Waals surface area contributed by atoms with Gasteiger partial charge in [0.2, 0.25) is 0 Å². The van der Waals surface area contributed by atoms with Crippen LogP contribution in [0, 0.1) is 53.4 Å². The summed E-state index contributed by atoms with van der Waals surface area (Å²) in [4.78, 5) is 0. The van der Waals surface area contributed by atoms with Crippen LogP contribution in [0.5, 0.6) is 0 Å². The first-order chi connectivity index (χ1) is 23.3. The Morgan fingerprint density at radius 2 is 0.562 bits per heavy atom. The number of benzene rings is 7. The molecule has 0 saturated carbocycles. The molecule has 0 saturated heterocycles. The summed E-state index contributed by atoms with van der Waals surface area (Å²) in [7, 11) is 0. The fraction of sp³-hybridized carbons (Fsp3) is 0.125. The van der Waals surface area contributed by atoms with E-state index < -0.39 is 0 Å². The smallest absolute Gasteiger partial charge is 0.0249 e. The van der Waals surface area contributed by atoms with Crippen LogP contribution in [0.2, 0.25) is 0 Å². The molecule has 0 unspecified atom stereocenters. The third kappa shape index (κ3) is 9.22. The lowest BCUT2D eigenvalue weighted by atomic mass is 9.93. The highest BCUT2D eigenvalue weighted by Gasteiger charge is 2.06. The van der Waals surface area contributed by atoms with Crippen LogP contribution in [0.25, 0.3) is 33.7 Å². The Morgan fingerprint density at radius 3 is 0.833 bits per heavy atom. The molecule has 7 aromatic carbocycles. The SMILES string of the molecule is Cc1c2ccccc2c(C)c2ccccc12.Cc1ccc(/C=C/c2ccc(C)cc2)cc1.Cc1ccc(C#Cc2ccc(C)cc2)cc1. The Labute approximate surface area is 287 Å². The number of hydrogen-bond acceptors (Lipinski definition) is 0. The van der Waals surface area contributed by atoms with Gasteiger partial charge in [0.25, 0.3) is 0 Å². The highest BCUT2D eigenvalue weighted by molar-refractivity contribution is 6.05. The van der Waals surface area contributed by atoms with Crippen LogP contribution in [0.15, 0.2) is 146 Å². The molecule has 0 heteroatoms. The van der Waals surface area contributed by atoms with Crippen molar-refractivity contribution in [3.05, 3.63) is 201 Å². The van der Waals surface area contributed by atoms with Crippen molar-refractivity contribution < 1.29 is 0 Å². The quantitative estimate of drug-likeness (QED) is 0.102. The van der Waals surface area contributed by atoms with Crippen LogP contribution in [0.1, 0.15) is 55.6 Å². The molecule has 0 atom stereocenters. The molecule has 0 nitrogen and oxygen atoms in total. The van der Waals surface area contributed by atoms with Gasteiger partial charge in [-0.3, -0.25) is 0 Å². The van der Waals surface area contributed by atoms with E-state index in [1.54, 1.807) is 0 Å². The first kappa shape index (κ1) is 33.7. The van der Waals surface area contributed by atoms with E-state index in [0.717, 1.165) is 11.1 Å². The highest BCUT2D eigenvalue weighted by atomic mass is 14.1. The van der Waals surface area contributed by atoms with Crippen molar-refractivity contribution in [2.24, 2.45) is 0 Å². The normalized spacial score (nSPS) is 10.5. The van der Waals surface area contributed by atoms with Gasteiger partial charge in [-0.15, -0.1) is 0 Å². The largest absolute Gasteiger partial charge is 0.0617 e. The van der Waals surface area contributed by atoms with Crippen molar-refractivity contribution >= 4 is 33.7 Å².